The van der Waals surface area contributed by atoms with Gasteiger partial charge in [-0.05, 0) is 12.5 Å². The van der Waals surface area contributed by atoms with Gasteiger partial charge in [-0.15, -0.1) is 0 Å². The second kappa shape index (κ2) is 7.37. The van der Waals surface area contributed by atoms with E-state index in [-0.39, 0.29) is 12.1 Å². The zero-order valence-electron chi connectivity index (χ0n) is 13.8. The first-order valence-corrected chi connectivity index (χ1v) is 8.22. The number of piperazine rings is 1. The maximum absolute atomic E-state index is 12.5. The second-order valence-electron chi connectivity index (χ2n) is 6.17. The fourth-order valence-electron chi connectivity index (χ4n) is 3.16. The molecule has 1 atom stereocenters. The van der Waals surface area contributed by atoms with Crippen LogP contribution in [0.4, 0.5) is 10.6 Å². The lowest BCUT2D eigenvalue weighted by molar-refractivity contribution is 0.105. The third-order valence-corrected chi connectivity index (χ3v) is 4.69. The van der Waals surface area contributed by atoms with Crippen molar-refractivity contribution in [1.82, 2.24) is 14.8 Å². The first-order valence-electron chi connectivity index (χ1n) is 8.22. The van der Waals surface area contributed by atoms with Crippen LogP contribution in [-0.2, 0) is 4.74 Å². The van der Waals surface area contributed by atoms with Crippen molar-refractivity contribution >= 4 is 24.4 Å². The van der Waals surface area contributed by atoms with Crippen molar-refractivity contribution in [3.8, 4) is 0 Å². The predicted molar refractivity (Wildman–Crippen MR) is 90.2 cm³/mol. The van der Waals surface area contributed by atoms with Crippen molar-refractivity contribution in [3.05, 3.63) is 18.3 Å². The molecular formula is C15H23BN4O4. The molecule has 9 heteroatoms. The molecule has 0 aliphatic carbocycles. The average Bonchev–Trinajstić information content (AvgIpc) is 3.10. The Hall–Kier alpha value is -1.84. The Morgan fingerprint density at radius 3 is 2.50 bits per heavy atom. The van der Waals surface area contributed by atoms with Gasteiger partial charge in [-0.2, -0.15) is 0 Å². The van der Waals surface area contributed by atoms with Crippen LogP contribution in [0.1, 0.15) is 6.42 Å². The van der Waals surface area contributed by atoms with E-state index in [1.807, 2.05) is 9.80 Å². The minimum absolute atomic E-state index is 0.0842. The number of hydrogen-bond acceptors (Lipinski definition) is 6. The van der Waals surface area contributed by atoms with Gasteiger partial charge in [0.2, 0.25) is 0 Å². The summed E-state index contributed by atoms with van der Waals surface area (Å²) in [6.45, 7) is 4.15. The zero-order valence-corrected chi connectivity index (χ0v) is 13.8. The van der Waals surface area contributed by atoms with Gasteiger partial charge in [-0.1, -0.05) is 6.07 Å². The number of carbonyl (C=O) groups excluding carboxylic acids is 1. The minimum Gasteiger partial charge on any atom is -0.423 e. The van der Waals surface area contributed by atoms with Crippen molar-refractivity contribution < 1.29 is 19.6 Å². The van der Waals surface area contributed by atoms with Crippen LogP contribution in [0.3, 0.4) is 0 Å². The molecule has 3 heterocycles. The molecule has 1 aromatic heterocycles. The number of likely N-dealkylation sites (tertiary alicyclic amines) is 1. The van der Waals surface area contributed by atoms with Gasteiger partial charge in [0.15, 0.2) is 0 Å². The molecular weight excluding hydrogens is 311 g/mol. The molecule has 0 aromatic carbocycles. The Kier molecular flexibility index (Phi) is 5.22. The van der Waals surface area contributed by atoms with Gasteiger partial charge in [-0.25, -0.2) is 9.78 Å². The lowest BCUT2D eigenvalue weighted by Crippen LogP contribution is -2.52. The molecule has 24 heavy (non-hydrogen) atoms. The molecule has 2 aliphatic heterocycles. The highest BCUT2D eigenvalue weighted by Gasteiger charge is 2.31. The lowest BCUT2D eigenvalue weighted by atomic mass is 9.82. The summed E-state index contributed by atoms with van der Waals surface area (Å²) < 4.78 is 5.32. The molecule has 1 aromatic rings. The quantitative estimate of drug-likeness (QED) is 0.670. The van der Waals surface area contributed by atoms with Gasteiger partial charge in [-0.3, -0.25) is 0 Å². The normalized spacial score (nSPS) is 21.3. The number of hydrogen-bond donors (Lipinski definition) is 2. The van der Waals surface area contributed by atoms with Crippen LogP contribution in [0, 0.1) is 0 Å². The summed E-state index contributed by atoms with van der Waals surface area (Å²) in [4.78, 5) is 22.6. The summed E-state index contributed by atoms with van der Waals surface area (Å²) in [6.07, 6.45) is 2.52. The van der Waals surface area contributed by atoms with E-state index in [1.54, 1.807) is 19.2 Å². The number of aromatic nitrogens is 1. The van der Waals surface area contributed by atoms with E-state index in [0.717, 1.165) is 18.8 Å². The standard InChI is InChI=1S/C15H23BN4O4/c1-24-13-4-5-20(11-13)15(21)19-8-6-18(7-9-19)14-3-2-12(10-17-14)16(22)23/h2-3,10,13,22-23H,4-9,11H2,1H3. The summed E-state index contributed by atoms with van der Waals surface area (Å²) in [5.74, 6) is 0.784. The molecule has 2 fully saturated rings. The fourth-order valence-corrected chi connectivity index (χ4v) is 3.16. The third kappa shape index (κ3) is 3.63. The molecule has 0 radical (unpaired) electrons. The van der Waals surface area contributed by atoms with Gasteiger partial charge in [0.25, 0.3) is 0 Å². The number of ether oxygens (including phenoxy) is 1. The fraction of sp³-hybridized carbons (Fsp3) is 0.600. The van der Waals surface area contributed by atoms with E-state index in [4.69, 9.17) is 14.8 Å². The maximum Gasteiger partial charge on any atom is 0.490 e. The molecule has 130 valence electrons. The third-order valence-electron chi connectivity index (χ3n) is 4.69. The summed E-state index contributed by atoms with van der Waals surface area (Å²) in [6, 6.07) is 3.51. The molecule has 0 saturated carbocycles. The van der Waals surface area contributed by atoms with Crippen molar-refractivity contribution in [2.75, 3.05) is 51.3 Å². The van der Waals surface area contributed by atoms with Crippen LogP contribution in [0.15, 0.2) is 18.3 Å². The van der Waals surface area contributed by atoms with E-state index in [0.29, 0.717) is 38.2 Å². The van der Waals surface area contributed by atoms with Crippen molar-refractivity contribution in [2.24, 2.45) is 0 Å². The molecule has 1 unspecified atom stereocenters. The number of carbonyl (C=O) groups is 1. The highest BCUT2D eigenvalue weighted by molar-refractivity contribution is 6.58. The average molecular weight is 334 g/mol. The van der Waals surface area contributed by atoms with Gasteiger partial charge < -0.3 is 29.5 Å². The molecule has 0 bridgehead atoms. The smallest absolute Gasteiger partial charge is 0.423 e. The minimum atomic E-state index is -1.50. The zero-order chi connectivity index (χ0) is 17.1. The van der Waals surface area contributed by atoms with Crippen LogP contribution in [0.2, 0.25) is 0 Å². The van der Waals surface area contributed by atoms with Gasteiger partial charge in [0, 0.05) is 58.0 Å². The number of methoxy groups -OCH3 is 1. The van der Waals surface area contributed by atoms with Gasteiger partial charge in [0.05, 0.1) is 6.10 Å². The summed E-state index contributed by atoms with van der Waals surface area (Å²) in [5, 5.41) is 18.2. The summed E-state index contributed by atoms with van der Waals surface area (Å²) >= 11 is 0. The Labute approximate surface area is 141 Å². The number of amides is 2. The Bertz CT molecular complexity index is 563. The van der Waals surface area contributed by atoms with Gasteiger partial charge in [0.1, 0.15) is 5.82 Å². The van der Waals surface area contributed by atoms with Crippen molar-refractivity contribution in [1.29, 1.82) is 0 Å². The Balaban J connectivity index is 1.53. The SMILES string of the molecule is COC1CCN(C(=O)N2CCN(c3ccc(B(O)O)cn3)CC2)C1. The number of pyridine rings is 1. The topological polar surface area (TPSA) is 89.4 Å². The van der Waals surface area contributed by atoms with E-state index < -0.39 is 7.12 Å². The van der Waals surface area contributed by atoms with Crippen LogP contribution in [0.5, 0.6) is 0 Å². The molecule has 2 N–H and O–H groups in total. The highest BCUT2D eigenvalue weighted by atomic mass is 16.5. The van der Waals surface area contributed by atoms with Crippen LogP contribution < -0.4 is 10.4 Å². The van der Waals surface area contributed by atoms with E-state index >= 15 is 0 Å². The summed E-state index contributed by atoms with van der Waals surface area (Å²) in [7, 11) is 0.184. The number of anilines is 1. The first-order chi connectivity index (χ1) is 11.6. The number of urea groups is 1. The number of nitrogens with zero attached hydrogens (tertiary/aromatic N) is 4. The van der Waals surface area contributed by atoms with Gasteiger partial charge >= 0.3 is 13.1 Å². The van der Waals surface area contributed by atoms with E-state index in [1.165, 1.54) is 6.20 Å². The molecule has 2 aliphatic rings. The van der Waals surface area contributed by atoms with Crippen LogP contribution in [0.25, 0.3) is 0 Å². The monoisotopic (exact) mass is 334 g/mol. The number of rotatable bonds is 3. The van der Waals surface area contributed by atoms with Crippen molar-refractivity contribution in [2.45, 2.75) is 12.5 Å². The molecule has 3 rings (SSSR count). The molecule has 8 nitrogen and oxygen atoms in total. The van der Waals surface area contributed by atoms with Crippen LogP contribution in [-0.4, -0.2) is 90.5 Å². The Morgan fingerprint density at radius 2 is 1.96 bits per heavy atom. The highest BCUT2D eigenvalue weighted by Crippen LogP contribution is 2.17. The van der Waals surface area contributed by atoms with E-state index in [2.05, 4.69) is 9.88 Å². The first kappa shape index (κ1) is 17.0. The lowest BCUT2D eigenvalue weighted by Gasteiger charge is -2.37. The Morgan fingerprint density at radius 1 is 1.21 bits per heavy atom. The summed E-state index contributed by atoms with van der Waals surface area (Å²) in [5.41, 5.74) is 0.370. The van der Waals surface area contributed by atoms with Crippen molar-refractivity contribution in [3.63, 3.8) is 0 Å². The predicted octanol–water partition coefficient (Wildman–Crippen LogP) is -1.28. The second-order valence-corrected chi connectivity index (χ2v) is 6.17. The molecule has 2 saturated heterocycles. The molecule has 0 spiro atoms. The molecule has 2 amide bonds. The van der Waals surface area contributed by atoms with E-state index in [9.17, 15) is 4.79 Å². The maximum atomic E-state index is 12.5. The van der Waals surface area contributed by atoms with Crippen LogP contribution >= 0.6 is 0 Å². The largest absolute Gasteiger partial charge is 0.490 e.